The van der Waals surface area contributed by atoms with Gasteiger partial charge in [0, 0.05) is 23.2 Å². The van der Waals surface area contributed by atoms with Crippen LogP contribution in [0.25, 0.3) is 10.8 Å². The Hall–Kier alpha value is -1.99. The molecule has 1 amide bonds. The highest BCUT2D eigenvalue weighted by atomic mass is 32.1. The molecular weight excluding hydrogens is 474 g/mol. The Morgan fingerprint density at radius 2 is 1.60 bits per heavy atom. The number of rotatable bonds is 5. The van der Waals surface area contributed by atoms with E-state index in [1.54, 1.807) is 22.7 Å². The molecule has 0 aliphatic carbocycles. The lowest BCUT2D eigenvalue weighted by Gasteiger charge is -2.26. The van der Waals surface area contributed by atoms with Crippen molar-refractivity contribution in [1.29, 1.82) is 0 Å². The monoisotopic (exact) mass is 517 g/mol. The Balaban J connectivity index is 0.000000247. The standard InChI is InChI=1S/C15H25NOS.C13H18N2OS/c1-8-16-13(17)11-9-10(14(2,3)4)12(18-11)15(5,6)7;1-7(2)10-6-11(17-12(10)8(3)4)13-15-14-9(5)16-13/h9H,8H2,1-7H3,(H,16,17);6-8H,1-5H3. The highest BCUT2D eigenvalue weighted by Gasteiger charge is 2.29. The molecule has 0 radical (unpaired) electrons. The minimum absolute atomic E-state index is 0.0449. The number of amides is 1. The Morgan fingerprint density at radius 1 is 0.971 bits per heavy atom. The first kappa shape index (κ1) is 29.2. The van der Waals surface area contributed by atoms with Gasteiger partial charge in [0.25, 0.3) is 11.8 Å². The second-order valence-corrected chi connectivity index (χ2v) is 13.7. The van der Waals surface area contributed by atoms with E-state index in [2.05, 4.69) is 96.9 Å². The summed E-state index contributed by atoms with van der Waals surface area (Å²) in [6.45, 7) is 26.5. The molecule has 3 heterocycles. The summed E-state index contributed by atoms with van der Waals surface area (Å²) in [7, 11) is 0. The molecule has 0 aliphatic rings. The Bertz CT molecular complexity index is 1070. The lowest BCUT2D eigenvalue weighted by Crippen LogP contribution is -2.21. The summed E-state index contributed by atoms with van der Waals surface area (Å²) in [5.41, 5.74) is 2.85. The highest BCUT2D eigenvalue weighted by Crippen LogP contribution is 2.40. The van der Waals surface area contributed by atoms with Crippen LogP contribution in [0.1, 0.15) is 124 Å². The lowest BCUT2D eigenvalue weighted by atomic mass is 9.81. The van der Waals surface area contributed by atoms with Crippen molar-refractivity contribution in [3.63, 3.8) is 0 Å². The predicted octanol–water partition coefficient (Wildman–Crippen LogP) is 8.45. The number of carbonyl (C=O) groups excluding carboxylic acids is 1. The minimum Gasteiger partial charge on any atom is -0.420 e. The number of nitrogens with zero attached hydrogens (tertiary/aromatic N) is 2. The smallest absolute Gasteiger partial charge is 0.261 e. The summed E-state index contributed by atoms with van der Waals surface area (Å²) in [5, 5.41) is 10.8. The van der Waals surface area contributed by atoms with Crippen molar-refractivity contribution in [2.75, 3.05) is 6.54 Å². The van der Waals surface area contributed by atoms with Gasteiger partial charge in [-0.25, -0.2) is 0 Å². The molecule has 0 aromatic carbocycles. The van der Waals surface area contributed by atoms with Gasteiger partial charge in [-0.2, -0.15) is 0 Å². The molecule has 0 saturated carbocycles. The first-order valence-electron chi connectivity index (χ1n) is 12.4. The van der Waals surface area contributed by atoms with Gasteiger partial charge in [-0.05, 0) is 52.8 Å². The van der Waals surface area contributed by atoms with E-state index in [0.29, 0.717) is 30.2 Å². The zero-order valence-electron chi connectivity index (χ0n) is 23.5. The van der Waals surface area contributed by atoms with Crippen LogP contribution in [-0.4, -0.2) is 22.6 Å². The van der Waals surface area contributed by atoms with Crippen molar-refractivity contribution in [2.24, 2.45) is 0 Å². The quantitative estimate of drug-likeness (QED) is 0.369. The number of carbonyl (C=O) groups is 1. The second-order valence-electron chi connectivity index (χ2n) is 11.6. The van der Waals surface area contributed by atoms with Crippen molar-refractivity contribution >= 4 is 28.6 Å². The van der Waals surface area contributed by atoms with Crippen LogP contribution in [0.4, 0.5) is 0 Å². The Labute approximate surface area is 219 Å². The van der Waals surface area contributed by atoms with E-state index in [4.69, 9.17) is 4.42 Å². The van der Waals surface area contributed by atoms with Crippen LogP contribution in [0.2, 0.25) is 0 Å². The van der Waals surface area contributed by atoms with E-state index in [1.165, 1.54) is 20.9 Å². The van der Waals surface area contributed by atoms with Crippen LogP contribution in [0.5, 0.6) is 0 Å². The molecule has 0 bridgehead atoms. The van der Waals surface area contributed by atoms with Crippen molar-refractivity contribution in [1.82, 2.24) is 15.5 Å². The van der Waals surface area contributed by atoms with Crippen molar-refractivity contribution < 1.29 is 9.21 Å². The van der Waals surface area contributed by atoms with Crippen molar-refractivity contribution in [2.45, 2.75) is 106 Å². The van der Waals surface area contributed by atoms with Gasteiger partial charge in [-0.1, -0.05) is 69.2 Å². The van der Waals surface area contributed by atoms with E-state index >= 15 is 0 Å². The molecule has 35 heavy (non-hydrogen) atoms. The van der Waals surface area contributed by atoms with Crippen LogP contribution in [0, 0.1) is 6.92 Å². The molecule has 3 rings (SSSR count). The largest absolute Gasteiger partial charge is 0.420 e. The molecule has 0 aliphatic heterocycles. The number of hydrogen-bond acceptors (Lipinski definition) is 6. The van der Waals surface area contributed by atoms with Crippen LogP contribution in [-0.2, 0) is 10.8 Å². The molecule has 0 atom stereocenters. The highest BCUT2D eigenvalue weighted by molar-refractivity contribution is 7.15. The van der Waals surface area contributed by atoms with E-state index in [-0.39, 0.29) is 16.7 Å². The van der Waals surface area contributed by atoms with Gasteiger partial charge in [-0.15, -0.1) is 32.9 Å². The third-order valence-corrected chi connectivity index (χ3v) is 8.46. The summed E-state index contributed by atoms with van der Waals surface area (Å²) < 4.78 is 5.49. The fourth-order valence-corrected chi connectivity index (χ4v) is 6.27. The van der Waals surface area contributed by atoms with E-state index in [1.807, 2.05) is 13.8 Å². The molecule has 0 saturated heterocycles. The minimum atomic E-state index is 0.0449. The average molecular weight is 518 g/mol. The number of nitrogens with one attached hydrogen (secondary N) is 1. The van der Waals surface area contributed by atoms with Gasteiger partial charge in [-0.3, -0.25) is 4.79 Å². The molecular formula is C28H43N3O2S2. The summed E-state index contributed by atoms with van der Waals surface area (Å²) in [4.78, 5) is 16.6. The molecule has 1 N–H and O–H groups in total. The molecule has 7 heteroatoms. The molecule has 5 nitrogen and oxygen atoms in total. The summed E-state index contributed by atoms with van der Waals surface area (Å²) in [6.07, 6.45) is 0. The van der Waals surface area contributed by atoms with Gasteiger partial charge in [0.05, 0.1) is 9.75 Å². The maximum absolute atomic E-state index is 12.0. The third kappa shape index (κ3) is 7.50. The number of hydrogen-bond donors (Lipinski definition) is 1. The zero-order valence-corrected chi connectivity index (χ0v) is 25.2. The fourth-order valence-electron chi connectivity index (χ4n) is 3.69. The molecule has 194 valence electrons. The topological polar surface area (TPSA) is 68.0 Å². The van der Waals surface area contributed by atoms with Crippen molar-refractivity contribution in [3.8, 4) is 10.8 Å². The molecule has 3 aromatic heterocycles. The summed E-state index contributed by atoms with van der Waals surface area (Å²) in [5.74, 6) is 2.37. The number of thiophene rings is 2. The first-order chi connectivity index (χ1) is 16.1. The summed E-state index contributed by atoms with van der Waals surface area (Å²) in [6, 6.07) is 4.26. The van der Waals surface area contributed by atoms with E-state index in [0.717, 1.165) is 9.75 Å². The summed E-state index contributed by atoms with van der Waals surface area (Å²) >= 11 is 3.40. The Kier molecular flexibility index (Phi) is 9.51. The van der Waals surface area contributed by atoms with Crippen LogP contribution in [0.3, 0.4) is 0 Å². The van der Waals surface area contributed by atoms with Gasteiger partial charge in [0.1, 0.15) is 0 Å². The predicted molar refractivity (Wildman–Crippen MR) is 150 cm³/mol. The zero-order chi connectivity index (χ0) is 26.7. The fraction of sp³-hybridized carbons (Fsp3) is 0.607. The molecule has 0 fully saturated rings. The average Bonchev–Trinajstić information content (AvgIpc) is 3.45. The third-order valence-electron chi connectivity index (χ3n) is 5.46. The van der Waals surface area contributed by atoms with Gasteiger partial charge in [0.15, 0.2) is 0 Å². The normalized spacial score (nSPS) is 12.2. The van der Waals surface area contributed by atoms with E-state index < -0.39 is 0 Å². The molecule has 3 aromatic rings. The number of aromatic nitrogens is 2. The SMILES string of the molecule is CCNC(=O)c1cc(C(C)(C)C)c(C(C)(C)C)s1.Cc1nnc(-c2cc(C(C)C)c(C(C)C)s2)o1. The van der Waals surface area contributed by atoms with Crippen LogP contribution in [0.15, 0.2) is 16.5 Å². The first-order valence-corrected chi connectivity index (χ1v) is 14.1. The van der Waals surface area contributed by atoms with Gasteiger partial charge in [0.2, 0.25) is 5.89 Å². The number of aryl methyl sites for hydroxylation is 1. The Morgan fingerprint density at radius 3 is 1.97 bits per heavy atom. The molecule has 0 spiro atoms. The van der Waals surface area contributed by atoms with Crippen LogP contribution >= 0.6 is 22.7 Å². The van der Waals surface area contributed by atoms with Gasteiger partial charge < -0.3 is 9.73 Å². The van der Waals surface area contributed by atoms with Crippen molar-refractivity contribution in [3.05, 3.63) is 43.8 Å². The maximum Gasteiger partial charge on any atom is 0.261 e. The van der Waals surface area contributed by atoms with Crippen LogP contribution < -0.4 is 5.32 Å². The lowest BCUT2D eigenvalue weighted by molar-refractivity contribution is 0.0960. The second kappa shape index (κ2) is 11.4. The van der Waals surface area contributed by atoms with Gasteiger partial charge >= 0.3 is 0 Å². The maximum atomic E-state index is 12.0. The molecule has 0 unspecified atom stereocenters. The van der Waals surface area contributed by atoms with E-state index in [9.17, 15) is 4.79 Å².